The molecule has 0 aromatic heterocycles. The number of piperidine rings is 1. The molecular weight excluding hydrogens is 300 g/mol. The van der Waals surface area contributed by atoms with E-state index in [9.17, 15) is 8.42 Å². The molecule has 1 saturated heterocycles. The van der Waals surface area contributed by atoms with Gasteiger partial charge in [0, 0.05) is 31.6 Å². The van der Waals surface area contributed by atoms with E-state index in [1.54, 1.807) is 7.11 Å². The van der Waals surface area contributed by atoms with Gasteiger partial charge in [0.2, 0.25) is 10.0 Å². The van der Waals surface area contributed by atoms with Crippen LogP contribution in [-0.2, 0) is 14.8 Å². The molecule has 1 aliphatic heterocycles. The molecule has 1 heterocycles. The topological polar surface area (TPSA) is 58.6 Å². The second kappa shape index (κ2) is 7.33. The first kappa shape index (κ1) is 17.1. The molecule has 1 N–H and O–H groups in total. The van der Waals surface area contributed by atoms with Crippen molar-refractivity contribution in [2.75, 3.05) is 35.6 Å². The van der Waals surface area contributed by atoms with Crippen molar-refractivity contribution < 1.29 is 13.2 Å². The highest BCUT2D eigenvalue weighted by molar-refractivity contribution is 7.92. The first-order valence-corrected chi connectivity index (χ1v) is 9.43. The Morgan fingerprint density at radius 1 is 1.23 bits per heavy atom. The first-order valence-electron chi connectivity index (χ1n) is 7.78. The van der Waals surface area contributed by atoms with Crippen molar-refractivity contribution in [3.8, 4) is 0 Å². The van der Waals surface area contributed by atoms with E-state index in [4.69, 9.17) is 4.74 Å². The highest BCUT2D eigenvalue weighted by atomic mass is 32.2. The molecule has 0 aliphatic carbocycles. The van der Waals surface area contributed by atoms with E-state index in [0.717, 1.165) is 31.6 Å². The minimum Gasteiger partial charge on any atom is -0.381 e. The Kier molecular flexibility index (Phi) is 5.69. The van der Waals surface area contributed by atoms with Gasteiger partial charge in [-0.15, -0.1) is 0 Å². The third-order valence-corrected chi connectivity index (χ3v) is 5.49. The Balaban J connectivity index is 1.96. The van der Waals surface area contributed by atoms with Crippen LogP contribution in [0.4, 0.5) is 11.4 Å². The number of sulfonamides is 1. The van der Waals surface area contributed by atoms with Gasteiger partial charge >= 0.3 is 0 Å². The monoisotopic (exact) mass is 326 g/mol. The van der Waals surface area contributed by atoms with Gasteiger partial charge in [0.05, 0.1) is 11.9 Å². The largest absolute Gasteiger partial charge is 0.381 e. The summed E-state index contributed by atoms with van der Waals surface area (Å²) in [6, 6.07) is 7.60. The van der Waals surface area contributed by atoms with Crippen molar-refractivity contribution in [3.63, 3.8) is 0 Å². The van der Waals surface area contributed by atoms with Crippen LogP contribution in [0.3, 0.4) is 0 Å². The predicted molar refractivity (Wildman–Crippen MR) is 90.9 cm³/mol. The summed E-state index contributed by atoms with van der Waals surface area (Å²) in [4.78, 5) is 2.31. The van der Waals surface area contributed by atoms with Gasteiger partial charge in [0.25, 0.3) is 0 Å². The summed E-state index contributed by atoms with van der Waals surface area (Å²) in [5.74, 6) is 0.248. The number of hydrogen-bond donors (Lipinski definition) is 1. The third kappa shape index (κ3) is 4.88. The standard InChI is InChI=1S/C16H26N2O3S/c1-13(2)12-22(19,20)17-14-4-6-15(7-5-14)18-10-8-16(21-3)9-11-18/h4-7,13,16-17H,8-12H2,1-3H3. The lowest BCUT2D eigenvalue weighted by Gasteiger charge is -2.33. The van der Waals surface area contributed by atoms with Crippen LogP contribution in [0.1, 0.15) is 26.7 Å². The zero-order valence-electron chi connectivity index (χ0n) is 13.6. The van der Waals surface area contributed by atoms with Gasteiger partial charge < -0.3 is 9.64 Å². The number of anilines is 2. The van der Waals surface area contributed by atoms with Gasteiger partial charge in [-0.1, -0.05) is 13.8 Å². The minimum atomic E-state index is -3.26. The number of ether oxygens (including phenoxy) is 1. The minimum absolute atomic E-state index is 0.110. The number of methoxy groups -OCH3 is 1. The maximum Gasteiger partial charge on any atom is 0.232 e. The maximum absolute atomic E-state index is 11.9. The summed E-state index contributed by atoms with van der Waals surface area (Å²) in [6.45, 7) is 5.73. The Hall–Kier alpha value is -1.27. The fourth-order valence-corrected chi connectivity index (χ4v) is 4.21. The van der Waals surface area contributed by atoms with E-state index in [0.29, 0.717) is 11.8 Å². The summed E-state index contributed by atoms with van der Waals surface area (Å²) in [7, 11) is -1.50. The van der Waals surface area contributed by atoms with Gasteiger partial charge in [0.1, 0.15) is 0 Å². The van der Waals surface area contributed by atoms with Crippen LogP contribution < -0.4 is 9.62 Å². The molecule has 0 spiro atoms. The molecule has 1 fully saturated rings. The quantitative estimate of drug-likeness (QED) is 0.873. The Bertz CT molecular complexity index is 562. The van der Waals surface area contributed by atoms with E-state index in [1.807, 2.05) is 38.1 Å². The van der Waals surface area contributed by atoms with Crippen molar-refractivity contribution in [2.24, 2.45) is 5.92 Å². The third-order valence-electron chi connectivity index (χ3n) is 3.83. The van der Waals surface area contributed by atoms with Gasteiger partial charge in [-0.05, 0) is 43.0 Å². The van der Waals surface area contributed by atoms with Gasteiger partial charge in [-0.2, -0.15) is 0 Å². The Labute approximate surface area is 133 Å². The molecule has 124 valence electrons. The van der Waals surface area contributed by atoms with Crippen LogP contribution in [0.15, 0.2) is 24.3 Å². The Morgan fingerprint density at radius 3 is 2.32 bits per heavy atom. The van der Waals surface area contributed by atoms with Crippen molar-refractivity contribution >= 4 is 21.4 Å². The van der Waals surface area contributed by atoms with Crippen LogP contribution in [0.5, 0.6) is 0 Å². The predicted octanol–water partition coefficient (Wildman–Crippen LogP) is 2.70. The van der Waals surface area contributed by atoms with Crippen LogP contribution in [0.25, 0.3) is 0 Å². The zero-order chi connectivity index (χ0) is 16.2. The van der Waals surface area contributed by atoms with Gasteiger partial charge in [0.15, 0.2) is 0 Å². The first-order chi connectivity index (χ1) is 10.4. The summed E-state index contributed by atoms with van der Waals surface area (Å²) >= 11 is 0. The molecule has 0 unspecified atom stereocenters. The second-order valence-corrected chi connectivity index (χ2v) is 8.01. The molecule has 6 heteroatoms. The van der Waals surface area contributed by atoms with Crippen molar-refractivity contribution in [1.82, 2.24) is 0 Å². The summed E-state index contributed by atoms with van der Waals surface area (Å²) in [5, 5.41) is 0. The molecule has 1 aromatic rings. The number of nitrogens with zero attached hydrogens (tertiary/aromatic N) is 1. The van der Waals surface area contributed by atoms with Crippen molar-refractivity contribution in [3.05, 3.63) is 24.3 Å². The van der Waals surface area contributed by atoms with Crippen LogP contribution >= 0.6 is 0 Å². The van der Waals surface area contributed by atoms with Crippen LogP contribution in [0, 0.1) is 5.92 Å². The lowest BCUT2D eigenvalue weighted by molar-refractivity contribution is 0.0819. The Morgan fingerprint density at radius 2 is 1.82 bits per heavy atom. The summed E-state index contributed by atoms with van der Waals surface area (Å²) in [5.41, 5.74) is 1.75. The fourth-order valence-electron chi connectivity index (χ4n) is 2.75. The van der Waals surface area contributed by atoms with E-state index in [-0.39, 0.29) is 11.7 Å². The lowest BCUT2D eigenvalue weighted by Crippen LogP contribution is -2.36. The summed E-state index contributed by atoms with van der Waals surface area (Å²) < 4.78 is 31.9. The molecule has 2 rings (SSSR count). The molecular formula is C16H26N2O3S. The van der Waals surface area contributed by atoms with Crippen molar-refractivity contribution in [2.45, 2.75) is 32.8 Å². The fraction of sp³-hybridized carbons (Fsp3) is 0.625. The zero-order valence-corrected chi connectivity index (χ0v) is 14.4. The van der Waals surface area contributed by atoms with Crippen molar-refractivity contribution in [1.29, 1.82) is 0 Å². The van der Waals surface area contributed by atoms with Crippen LogP contribution in [-0.4, -0.2) is 40.5 Å². The molecule has 1 aliphatic rings. The van der Waals surface area contributed by atoms with Gasteiger partial charge in [-0.3, -0.25) is 4.72 Å². The number of rotatable bonds is 6. The highest BCUT2D eigenvalue weighted by Gasteiger charge is 2.19. The molecule has 1 aromatic carbocycles. The van der Waals surface area contributed by atoms with Crippen LogP contribution in [0.2, 0.25) is 0 Å². The van der Waals surface area contributed by atoms with E-state index in [2.05, 4.69) is 9.62 Å². The maximum atomic E-state index is 11.9. The van der Waals surface area contributed by atoms with E-state index >= 15 is 0 Å². The van der Waals surface area contributed by atoms with E-state index in [1.165, 1.54) is 0 Å². The van der Waals surface area contributed by atoms with E-state index < -0.39 is 10.0 Å². The molecule has 0 saturated carbocycles. The molecule has 5 nitrogen and oxygen atoms in total. The number of benzene rings is 1. The normalized spacial score (nSPS) is 17.0. The molecule has 0 radical (unpaired) electrons. The molecule has 0 bridgehead atoms. The molecule has 0 atom stereocenters. The highest BCUT2D eigenvalue weighted by Crippen LogP contribution is 2.23. The number of hydrogen-bond acceptors (Lipinski definition) is 4. The summed E-state index contributed by atoms with van der Waals surface area (Å²) in [6.07, 6.45) is 2.41. The number of nitrogens with one attached hydrogen (secondary N) is 1. The lowest BCUT2D eigenvalue weighted by atomic mass is 10.1. The average Bonchev–Trinajstić information content (AvgIpc) is 2.46. The SMILES string of the molecule is COC1CCN(c2ccc(NS(=O)(=O)CC(C)C)cc2)CC1. The second-order valence-electron chi connectivity index (χ2n) is 6.25. The van der Waals surface area contributed by atoms with Gasteiger partial charge in [-0.25, -0.2) is 8.42 Å². The molecule has 22 heavy (non-hydrogen) atoms. The smallest absolute Gasteiger partial charge is 0.232 e. The molecule has 0 amide bonds. The average molecular weight is 326 g/mol.